The summed E-state index contributed by atoms with van der Waals surface area (Å²) in [5.41, 5.74) is 2.80. The smallest absolute Gasteiger partial charge is 0.188 e. The molecule has 2 heterocycles. The highest BCUT2D eigenvalue weighted by atomic mass is 32.1. The molecule has 6 heteroatoms. The number of hydrogen-bond donors (Lipinski definition) is 1. The summed E-state index contributed by atoms with van der Waals surface area (Å²) in [5, 5.41) is 7.19. The fourth-order valence-electron chi connectivity index (χ4n) is 2.70. The molecule has 0 aliphatic rings. The van der Waals surface area contributed by atoms with E-state index in [1.54, 1.807) is 14.2 Å². The van der Waals surface area contributed by atoms with Crippen LogP contribution in [0.1, 0.15) is 0 Å². The zero-order chi connectivity index (χ0) is 17.9. The van der Waals surface area contributed by atoms with E-state index < -0.39 is 0 Å². The molecule has 0 aliphatic heterocycles. The third kappa shape index (κ3) is 3.19. The van der Waals surface area contributed by atoms with Gasteiger partial charge in [0.05, 0.1) is 25.4 Å². The number of hydrogen-bond acceptors (Lipinski definition) is 6. The lowest BCUT2D eigenvalue weighted by Crippen LogP contribution is -1.93. The number of nitrogens with zero attached hydrogens (tertiary/aromatic N) is 2. The molecule has 5 nitrogen and oxygen atoms in total. The van der Waals surface area contributed by atoms with Crippen LogP contribution in [0, 0.1) is 0 Å². The molecular weight excluding hydrogens is 346 g/mol. The van der Waals surface area contributed by atoms with E-state index in [2.05, 4.69) is 15.3 Å². The van der Waals surface area contributed by atoms with Crippen molar-refractivity contribution in [1.82, 2.24) is 9.97 Å². The summed E-state index contributed by atoms with van der Waals surface area (Å²) in [4.78, 5) is 9.28. The van der Waals surface area contributed by atoms with Crippen molar-refractivity contribution in [2.75, 3.05) is 19.5 Å². The highest BCUT2D eigenvalue weighted by Crippen LogP contribution is 2.34. The Bertz CT molecular complexity index is 1060. The van der Waals surface area contributed by atoms with Crippen LogP contribution in [0.15, 0.2) is 60.0 Å². The van der Waals surface area contributed by atoms with Gasteiger partial charge in [-0.15, -0.1) is 11.3 Å². The van der Waals surface area contributed by atoms with Gasteiger partial charge in [0.1, 0.15) is 5.82 Å². The molecule has 26 heavy (non-hydrogen) atoms. The second-order valence-corrected chi connectivity index (χ2v) is 6.48. The van der Waals surface area contributed by atoms with Crippen molar-refractivity contribution >= 4 is 33.2 Å². The Morgan fingerprint density at radius 2 is 1.73 bits per heavy atom. The normalized spacial score (nSPS) is 10.7. The highest BCUT2D eigenvalue weighted by Gasteiger charge is 2.10. The van der Waals surface area contributed by atoms with Gasteiger partial charge in [0.15, 0.2) is 16.6 Å². The Labute approximate surface area is 155 Å². The van der Waals surface area contributed by atoms with Crippen molar-refractivity contribution in [2.45, 2.75) is 0 Å². The molecule has 0 fully saturated rings. The standard InChI is InChI=1S/C20H17N3O2S/c1-24-17-9-7-14(11-18(17)25-2)16-12-26-20(22-16)23-19-10-8-13-5-3-4-6-15(13)21-19/h3-12H,1-2H3,(H,21,22,23). The van der Waals surface area contributed by atoms with Crippen LogP contribution in [-0.2, 0) is 0 Å². The number of anilines is 2. The fourth-order valence-corrected chi connectivity index (χ4v) is 3.43. The maximum atomic E-state index is 5.37. The first kappa shape index (κ1) is 16.4. The van der Waals surface area contributed by atoms with Crippen molar-refractivity contribution in [3.8, 4) is 22.8 Å². The summed E-state index contributed by atoms with van der Waals surface area (Å²) in [6, 6.07) is 17.8. The summed E-state index contributed by atoms with van der Waals surface area (Å²) >= 11 is 1.53. The summed E-state index contributed by atoms with van der Waals surface area (Å²) < 4.78 is 10.6. The van der Waals surface area contributed by atoms with E-state index in [1.165, 1.54) is 11.3 Å². The lowest BCUT2D eigenvalue weighted by molar-refractivity contribution is 0.355. The summed E-state index contributed by atoms with van der Waals surface area (Å²) in [6.07, 6.45) is 0. The lowest BCUT2D eigenvalue weighted by Gasteiger charge is -2.08. The Balaban J connectivity index is 1.59. The molecule has 1 N–H and O–H groups in total. The van der Waals surface area contributed by atoms with E-state index in [0.29, 0.717) is 11.5 Å². The van der Waals surface area contributed by atoms with E-state index in [-0.39, 0.29) is 0 Å². The maximum absolute atomic E-state index is 5.37. The Morgan fingerprint density at radius 1 is 0.885 bits per heavy atom. The first-order chi connectivity index (χ1) is 12.8. The Morgan fingerprint density at radius 3 is 2.58 bits per heavy atom. The van der Waals surface area contributed by atoms with Crippen LogP contribution < -0.4 is 14.8 Å². The first-order valence-electron chi connectivity index (χ1n) is 8.07. The molecule has 0 saturated carbocycles. The summed E-state index contributed by atoms with van der Waals surface area (Å²) in [5.74, 6) is 2.16. The molecule has 0 radical (unpaired) electrons. The van der Waals surface area contributed by atoms with Crippen LogP contribution in [-0.4, -0.2) is 24.2 Å². The average Bonchev–Trinajstić information content (AvgIpc) is 3.15. The van der Waals surface area contributed by atoms with E-state index in [4.69, 9.17) is 9.47 Å². The van der Waals surface area contributed by atoms with Crippen LogP contribution in [0.2, 0.25) is 0 Å². The van der Waals surface area contributed by atoms with Crippen LogP contribution in [0.3, 0.4) is 0 Å². The lowest BCUT2D eigenvalue weighted by atomic mass is 10.1. The molecule has 0 bridgehead atoms. The van der Waals surface area contributed by atoms with E-state index in [1.807, 2.05) is 60.0 Å². The zero-order valence-electron chi connectivity index (χ0n) is 14.4. The molecule has 0 amide bonds. The molecule has 0 atom stereocenters. The van der Waals surface area contributed by atoms with Crippen molar-refractivity contribution < 1.29 is 9.47 Å². The van der Waals surface area contributed by atoms with Gasteiger partial charge in [-0.25, -0.2) is 9.97 Å². The van der Waals surface area contributed by atoms with Crippen molar-refractivity contribution in [2.24, 2.45) is 0 Å². The largest absolute Gasteiger partial charge is 0.493 e. The van der Waals surface area contributed by atoms with Crippen molar-refractivity contribution in [1.29, 1.82) is 0 Å². The topological polar surface area (TPSA) is 56.3 Å². The number of aromatic nitrogens is 2. The minimum absolute atomic E-state index is 0.684. The van der Waals surface area contributed by atoms with Gasteiger partial charge in [-0.3, -0.25) is 0 Å². The number of ether oxygens (including phenoxy) is 2. The maximum Gasteiger partial charge on any atom is 0.188 e. The van der Waals surface area contributed by atoms with Crippen LogP contribution in [0.5, 0.6) is 11.5 Å². The predicted octanol–water partition coefficient (Wildman–Crippen LogP) is 5.12. The molecule has 0 saturated heterocycles. The Kier molecular flexibility index (Phi) is 4.41. The first-order valence-corrected chi connectivity index (χ1v) is 8.95. The number of rotatable bonds is 5. The summed E-state index contributed by atoms with van der Waals surface area (Å²) in [6.45, 7) is 0. The molecule has 0 aliphatic carbocycles. The number of pyridine rings is 1. The zero-order valence-corrected chi connectivity index (χ0v) is 15.2. The molecular formula is C20H17N3O2S. The number of fused-ring (bicyclic) bond motifs is 1. The number of methoxy groups -OCH3 is 2. The van der Waals surface area contributed by atoms with E-state index in [9.17, 15) is 0 Å². The molecule has 4 rings (SSSR count). The van der Waals surface area contributed by atoms with Gasteiger partial charge in [-0.05, 0) is 36.4 Å². The SMILES string of the molecule is COc1ccc(-c2csc(Nc3ccc4ccccc4n3)n2)cc1OC. The van der Waals surface area contributed by atoms with Gasteiger partial charge in [0.2, 0.25) is 0 Å². The number of para-hydroxylation sites is 1. The monoisotopic (exact) mass is 363 g/mol. The molecule has 0 unspecified atom stereocenters. The van der Waals surface area contributed by atoms with Gasteiger partial charge < -0.3 is 14.8 Å². The van der Waals surface area contributed by atoms with Crippen LogP contribution in [0.25, 0.3) is 22.2 Å². The highest BCUT2D eigenvalue weighted by molar-refractivity contribution is 7.14. The van der Waals surface area contributed by atoms with Gasteiger partial charge in [0, 0.05) is 16.3 Å². The second-order valence-electron chi connectivity index (χ2n) is 5.62. The van der Waals surface area contributed by atoms with Gasteiger partial charge in [-0.2, -0.15) is 0 Å². The third-order valence-corrected chi connectivity index (χ3v) is 4.77. The van der Waals surface area contributed by atoms with E-state index in [0.717, 1.165) is 33.1 Å². The molecule has 4 aromatic rings. The molecule has 2 aromatic heterocycles. The number of benzene rings is 2. The summed E-state index contributed by atoms with van der Waals surface area (Å²) in [7, 11) is 3.25. The third-order valence-electron chi connectivity index (χ3n) is 4.02. The van der Waals surface area contributed by atoms with Gasteiger partial charge in [0.25, 0.3) is 0 Å². The molecule has 2 aromatic carbocycles. The van der Waals surface area contributed by atoms with Gasteiger partial charge in [-0.1, -0.05) is 18.2 Å². The van der Waals surface area contributed by atoms with Crippen LogP contribution in [0.4, 0.5) is 10.9 Å². The molecule has 130 valence electrons. The fraction of sp³-hybridized carbons (Fsp3) is 0.100. The average molecular weight is 363 g/mol. The molecule has 0 spiro atoms. The number of nitrogens with one attached hydrogen (secondary N) is 1. The predicted molar refractivity (Wildman–Crippen MR) is 106 cm³/mol. The Hall–Kier alpha value is -3.12. The van der Waals surface area contributed by atoms with E-state index >= 15 is 0 Å². The van der Waals surface area contributed by atoms with Crippen molar-refractivity contribution in [3.05, 3.63) is 60.0 Å². The quantitative estimate of drug-likeness (QED) is 0.533. The van der Waals surface area contributed by atoms with Gasteiger partial charge >= 0.3 is 0 Å². The minimum atomic E-state index is 0.684. The second kappa shape index (κ2) is 7.01. The van der Waals surface area contributed by atoms with Crippen molar-refractivity contribution in [3.63, 3.8) is 0 Å². The minimum Gasteiger partial charge on any atom is -0.493 e. The number of thiazole rings is 1. The van der Waals surface area contributed by atoms with Crippen LogP contribution >= 0.6 is 11.3 Å².